The van der Waals surface area contributed by atoms with Gasteiger partial charge in [-0.25, -0.2) is 0 Å². The zero-order valence-electron chi connectivity index (χ0n) is 17.3. The van der Waals surface area contributed by atoms with Gasteiger partial charge in [0.05, 0.1) is 29.9 Å². The molecule has 1 saturated heterocycles. The third-order valence-corrected chi connectivity index (χ3v) is 11.1. The van der Waals surface area contributed by atoms with Crippen molar-refractivity contribution in [3.63, 3.8) is 0 Å². The number of rotatable bonds is 5. The van der Waals surface area contributed by atoms with E-state index in [1.165, 1.54) is 21.1 Å². The molecular formula is C22H22N2O5S3. The first-order valence-electron chi connectivity index (χ1n) is 10.9. The number of imide groups is 1. The Kier molecular flexibility index (Phi) is 4.89. The minimum Gasteiger partial charge on any atom is -0.466 e. The normalized spacial score (nSPS) is 34.5. The molecule has 3 fully saturated rings. The average Bonchev–Trinajstić information content (AvgIpc) is 3.55. The number of carbonyl (C=O) groups is 3. The number of ether oxygens (including phenoxy) is 1. The molecule has 2 saturated carbocycles. The molecular weight excluding hydrogens is 468 g/mol. The first-order valence-corrected chi connectivity index (χ1v) is 13.5. The Bertz CT molecular complexity index is 1150. The van der Waals surface area contributed by atoms with Gasteiger partial charge in [0.25, 0.3) is 0 Å². The number of nitrogens with one attached hydrogen (secondary N) is 1. The molecule has 4 aliphatic rings. The summed E-state index contributed by atoms with van der Waals surface area (Å²) in [6.45, 7) is 2.12. The van der Waals surface area contributed by atoms with Crippen molar-refractivity contribution in [3.05, 3.63) is 36.9 Å². The van der Waals surface area contributed by atoms with Crippen molar-refractivity contribution in [2.45, 2.75) is 36.0 Å². The van der Waals surface area contributed by atoms with E-state index in [0.29, 0.717) is 0 Å². The number of hydrogen-bond acceptors (Lipinski definition) is 8. The van der Waals surface area contributed by atoms with Gasteiger partial charge < -0.3 is 9.72 Å². The molecule has 10 heteroatoms. The molecule has 7 nitrogen and oxygen atoms in total. The number of aromatic amines is 1. The molecule has 4 heterocycles. The largest absolute Gasteiger partial charge is 0.466 e. The Hall–Kier alpha value is -1.91. The number of thiophene rings is 1. The van der Waals surface area contributed by atoms with E-state index in [2.05, 4.69) is 16.4 Å². The van der Waals surface area contributed by atoms with Gasteiger partial charge in [-0.05, 0) is 42.5 Å². The maximum absolute atomic E-state index is 13.4. The van der Waals surface area contributed by atoms with Crippen LogP contribution in [0, 0.1) is 29.6 Å². The molecule has 7 atom stereocenters. The number of amides is 2. The minimum absolute atomic E-state index is 0.0397. The Labute approximate surface area is 196 Å². The monoisotopic (exact) mass is 490 g/mol. The molecule has 0 radical (unpaired) electrons. The number of nitrogens with zero attached hydrogens (tertiary/aromatic N) is 1. The second-order valence-electron chi connectivity index (χ2n) is 8.86. The molecule has 2 aromatic rings. The molecule has 0 unspecified atom stereocenters. The second-order valence-corrected chi connectivity index (χ2v) is 12.0. The summed E-state index contributed by atoms with van der Waals surface area (Å²) >= 11 is 4.66. The summed E-state index contributed by atoms with van der Waals surface area (Å²) in [6, 6.07) is 4.15. The Balaban J connectivity index is 1.33. The van der Waals surface area contributed by atoms with Crippen LogP contribution in [0.4, 0.5) is 0 Å². The molecule has 1 N–H and O–H groups in total. The highest BCUT2D eigenvalue weighted by Crippen LogP contribution is 2.68. The molecule has 2 aliphatic carbocycles. The van der Waals surface area contributed by atoms with Crippen molar-refractivity contribution in [3.8, 4) is 0 Å². The lowest BCUT2D eigenvalue weighted by molar-refractivity contribution is -0.145. The lowest BCUT2D eigenvalue weighted by Crippen LogP contribution is -2.42. The van der Waals surface area contributed by atoms with Crippen LogP contribution in [-0.4, -0.2) is 46.1 Å². The van der Waals surface area contributed by atoms with Crippen LogP contribution in [-0.2, 0) is 19.1 Å². The van der Waals surface area contributed by atoms with Gasteiger partial charge >= 0.3 is 10.8 Å². The molecule has 2 aromatic heterocycles. The second kappa shape index (κ2) is 7.56. The predicted molar refractivity (Wildman–Crippen MR) is 121 cm³/mol. The summed E-state index contributed by atoms with van der Waals surface area (Å²) in [4.78, 5) is 57.2. The standard InChI is InChI=1S/C22H22N2O5S3/c1-2-29-12(25)5-6-24-20(26)14-9-8-10(15(14)21(24)27)17-13(9)16(11-4-3-7-30-11)18-19(31-17)23-22(28)32-18/h3-4,7,9-10,13-17H,2,5-6,8H2,1H3,(H,23,28)/t9-,10+,13+,14+,15+,16+,17-/m1/s1. The van der Waals surface area contributed by atoms with Crippen LogP contribution < -0.4 is 4.87 Å². The summed E-state index contributed by atoms with van der Waals surface area (Å²) < 4.78 is 4.97. The first kappa shape index (κ1) is 20.7. The molecule has 32 heavy (non-hydrogen) atoms. The van der Waals surface area contributed by atoms with E-state index < -0.39 is 0 Å². The third kappa shape index (κ3) is 2.85. The van der Waals surface area contributed by atoms with Crippen molar-refractivity contribution in [1.29, 1.82) is 0 Å². The maximum atomic E-state index is 13.4. The molecule has 6 rings (SSSR count). The molecule has 0 aromatic carbocycles. The fourth-order valence-corrected chi connectivity index (χ4v) is 10.4. The fraction of sp³-hybridized carbons (Fsp3) is 0.545. The maximum Gasteiger partial charge on any atom is 0.307 e. The van der Waals surface area contributed by atoms with E-state index in [1.54, 1.807) is 30.0 Å². The molecule has 168 valence electrons. The van der Waals surface area contributed by atoms with Gasteiger partial charge in [0.1, 0.15) is 0 Å². The van der Waals surface area contributed by atoms with Gasteiger partial charge in [-0.2, -0.15) is 0 Å². The van der Waals surface area contributed by atoms with Gasteiger partial charge in [-0.3, -0.25) is 24.1 Å². The number of thiazole rings is 1. The highest BCUT2D eigenvalue weighted by atomic mass is 32.2. The van der Waals surface area contributed by atoms with Crippen LogP contribution in [0.1, 0.15) is 35.4 Å². The van der Waals surface area contributed by atoms with E-state index >= 15 is 0 Å². The molecule has 2 aliphatic heterocycles. The third-order valence-electron chi connectivity index (χ3n) is 7.51. The van der Waals surface area contributed by atoms with Crippen molar-refractivity contribution in [2.75, 3.05) is 13.2 Å². The number of thioether (sulfide) groups is 1. The van der Waals surface area contributed by atoms with Crippen LogP contribution >= 0.6 is 34.4 Å². The lowest BCUT2D eigenvalue weighted by Gasteiger charge is -2.42. The highest BCUT2D eigenvalue weighted by molar-refractivity contribution is 8.00. The Morgan fingerprint density at radius 1 is 1.22 bits per heavy atom. The number of hydrogen-bond donors (Lipinski definition) is 1. The zero-order chi connectivity index (χ0) is 22.1. The fourth-order valence-electron chi connectivity index (χ4n) is 6.52. The van der Waals surface area contributed by atoms with Gasteiger partial charge in [0, 0.05) is 27.5 Å². The van der Waals surface area contributed by atoms with Crippen molar-refractivity contribution in [1.82, 2.24) is 9.88 Å². The van der Waals surface area contributed by atoms with Gasteiger partial charge in [0.2, 0.25) is 11.8 Å². The van der Waals surface area contributed by atoms with E-state index in [0.717, 1.165) is 16.3 Å². The average molecular weight is 491 g/mol. The number of H-pyrrole nitrogens is 1. The van der Waals surface area contributed by atoms with E-state index in [1.807, 2.05) is 6.07 Å². The van der Waals surface area contributed by atoms with Crippen molar-refractivity contribution < 1.29 is 19.1 Å². The number of esters is 1. The quantitative estimate of drug-likeness (QED) is 0.511. The van der Waals surface area contributed by atoms with Crippen LogP contribution in [0.5, 0.6) is 0 Å². The van der Waals surface area contributed by atoms with Crippen molar-refractivity contribution in [2.24, 2.45) is 29.6 Å². The van der Waals surface area contributed by atoms with E-state index in [4.69, 9.17) is 4.74 Å². The number of likely N-dealkylation sites (tertiary alicyclic amines) is 1. The number of fused-ring (bicyclic) bond motifs is 9. The first-order chi connectivity index (χ1) is 15.5. The summed E-state index contributed by atoms with van der Waals surface area (Å²) in [7, 11) is 0. The van der Waals surface area contributed by atoms with E-state index in [-0.39, 0.29) is 83.0 Å². The number of aromatic nitrogens is 1. The molecule has 2 bridgehead atoms. The van der Waals surface area contributed by atoms with Crippen LogP contribution in [0.2, 0.25) is 0 Å². The number of carbonyl (C=O) groups excluding carboxylic acids is 3. The minimum atomic E-state index is -0.386. The predicted octanol–water partition coefficient (Wildman–Crippen LogP) is 2.92. The topological polar surface area (TPSA) is 96.5 Å². The van der Waals surface area contributed by atoms with Crippen molar-refractivity contribution >= 4 is 52.2 Å². The van der Waals surface area contributed by atoms with Crippen LogP contribution in [0.3, 0.4) is 0 Å². The Morgan fingerprint density at radius 3 is 2.72 bits per heavy atom. The SMILES string of the molecule is CCOC(=O)CCN1C(=O)[C@H]2[C@@H]3C[C@@H]([C@@H]2C1=O)[C@H]1[C@H](c2cccs2)c2sc(=O)[nH]c2S[C@H]31. The molecule has 0 spiro atoms. The zero-order valence-corrected chi connectivity index (χ0v) is 19.8. The summed E-state index contributed by atoms with van der Waals surface area (Å²) in [5, 5.41) is 3.19. The lowest BCUT2D eigenvalue weighted by atomic mass is 9.69. The van der Waals surface area contributed by atoms with Gasteiger partial charge in [0.15, 0.2) is 0 Å². The van der Waals surface area contributed by atoms with Crippen LogP contribution in [0.25, 0.3) is 0 Å². The summed E-state index contributed by atoms with van der Waals surface area (Å²) in [5.41, 5.74) is 0. The van der Waals surface area contributed by atoms with Gasteiger partial charge in [-0.1, -0.05) is 17.4 Å². The van der Waals surface area contributed by atoms with E-state index in [9.17, 15) is 19.2 Å². The summed E-state index contributed by atoms with van der Waals surface area (Å²) in [5.74, 6) is -0.712. The molecule has 2 amide bonds. The summed E-state index contributed by atoms with van der Waals surface area (Å²) in [6.07, 6.45) is 0.917. The van der Waals surface area contributed by atoms with Crippen LogP contribution in [0.15, 0.2) is 27.3 Å². The smallest absolute Gasteiger partial charge is 0.307 e. The Morgan fingerprint density at radius 2 is 2.00 bits per heavy atom. The van der Waals surface area contributed by atoms with Gasteiger partial charge in [-0.15, -0.1) is 23.1 Å². The highest BCUT2D eigenvalue weighted by Gasteiger charge is 2.69.